The van der Waals surface area contributed by atoms with E-state index in [1.54, 1.807) is 0 Å². The van der Waals surface area contributed by atoms with Crippen LogP contribution in [0.4, 0.5) is 23.2 Å². The summed E-state index contributed by atoms with van der Waals surface area (Å²) in [6, 6.07) is 9.49. The van der Waals surface area contributed by atoms with Crippen LogP contribution in [0.3, 0.4) is 0 Å². The second-order valence-electron chi connectivity index (χ2n) is 4.87. The van der Waals surface area contributed by atoms with Gasteiger partial charge in [0.05, 0.1) is 5.56 Å². The Morgan fingerprint density at radius 1 is 1.04 bits per heavy atom. The van der Waals surface area contributed by atoms with Crippen LogP contribution in [-0.2, 0) is 11.0 Å². The summed E-state index contributed by atoms with van der Waals surface area (Å²) in [6.07, 6.45) is -4.55. The summed E-state index contributed by atoms with van der Waals surface area (Å²) >= 11 is 0. The maximum absolute atomic E-state index is 12.8. The van der Waals surface area contributed by atoms with Gasteiger partial charge >= 0.3 is 6.18 Å². The summed E-state index contributed by atoms with van der Waals surface area (Å²) in [4.78, 5) is 12.0. The lowest BCUT2D eigenvalue weighted by atomic mass is 10.1. The van der Waals surface area contributed by atoms with Crippen molar-refractivity contribution in [2.24, 2.45) is 0 Å². The van der Waals surface area contributed by atoms with Crippen molar-refractivity contribution < 1.29 is 27.5 Å². The van der Waals surface area contributed by atoms with Crippen molar-refractivity contribution in [3.63, 3.8) is 0 Å². The molecule has 0 heterocycles. The fourth-order valence-electron chi connectivity index (χ4n) is 1.90. The van der Waals surface area contributed by atoms with Gasteiger partial charge in [0.2, 0.25) is 0 Å². The zero-order chi connectivity index (χ0) is 18.6. The predicted octanol–water partition coefficient (Wildman–Crippen LogP) is 4.28. The molecule has 25 heavy (non-hydrogen) atoms. The number of hydrogen-bond acceptors (Lipinski definition) is 3. The zero-order valence-corrected chi connectivity index (χ0v) is 12.4. The molecule has 128 valence electrons. The molecule has 8 heteroatoms. The van der Waals surface area contributed by atoms with Crippen molar-refractivity contribution in [1.82, 2.24) is 0 Å². The highest BCUT2D eigenvalue weighted by Gasteiger charge is 2.30. The molecule has 4 nitrogen and oxygen atoms in total. The molecule has 0 radical (unpaired) electrons. The van der Waals surface area contributed by atoms with E-state index in [1.807, 2.05) is 0 Å². The van der Waals surface area contributed by atoms with E-state index in [0.29, 0.717) is 0 Å². The van der Waals surface area contributed by atoms with Crippen LogP contribution in [0, 0.1) is 17.1 Å². The van der Waals surface area contributed by atoms with Crippen molar-refractivity contribution in [1.29, 1.82) is 5.26 Å². The van der Waals surface area contributed by atoms with Gasteiger partial charge in [-0.3, -0.25) is 4.79 Å². The topological polar surface area (TPSA) is 73.1 Å². The van der Waals surface area contributed by atoms with Gasteiger partial charge in [-0.2, -0.15) is 18.4 Å². The molecule has 0 spiro atoms. The highest BCUT2D eigenvalue weighted by atomic mass is 19.4. The molecule has 0 unspecified atom stereocenters. The van der Waals surface area contributed by atoms with E-state index < -0.39 is 34.8 Å². The summed E-state index contributed by atoms with van der Waals surface area (Å²) in [5.41, 5.74) is -1.57. The Bertz CT molecular complexity index is 848. The lowest BCUT2D eigenvalue weighted by Gasteiger charge is -2.09. The smallest absolute Gasteiger partial charge is 0.416 e. The predicted molar refractivity (Wildman–Crippen MR) is 81.6 cm³/mol. The number of amides is 1. The van der Waals surface area contributed by atoms with Gasteiger partial charge < -0.3 is 10.4 Å². The minimum absolute atomic E-state index is 0.126. The van der Waals surface area contributed by atoms with Gasteiger partial charge in [-0.1, -0.05) is 12.1 Å². The summed E-state index contributed by atoms with van der Waals surface area (Å²) in [5.74, 6) is -2.27. The van der Waals surface area contributed by atoms with E-state index in [-0.39, 0.29) is 11.3 Å². The molecule has 0 aromatic heterocycles. The van der Waals surface area contributed by atoms with Gasteiger partial charge in [0.15, 0.2) is 5.57 Å². The van der Waals surface area contributed by atoms with Crippen molar-refractivity contribution >= 4 is 17.4 Å². The van der Waals surface area contributed by atoms with Crippen molar-refractivity contribution in [2.75, 3.05) is 5.32 Å². The van der Waals surface area contributed by atoms with Gasteiger partial charge in [0.1, 0.15) is 17.6 Å². The molecule has 0 saturated carbocycles. The molecule has 0 saturated heterocycles. The Morgan fingerprint density at radius 2 is 1.60 bits per heavy atom. The first kappa shape index (κ1) is 18.0. The Hall–Kier alpha value is -3.34. The third-order valence-corrected chi connectivity index (χ3v) is 3.16. The minimum atomic E-state index is -4.55. The van der Waals surface area contributed by atoms with Gasteiger partial charge in [-0.15, -0.1) is 0 Å². The molecule has 2 rings (SSSR count). The maximum Gasteiger partial charge on any atom is 0.416 e. The SMILES string of the molecule is N#C/C(C(=O)Nc1ccc(F)cc1)=C(/O)c1ccc(C(F)(F)F)cc1. The van der Waals surface area contributed by atoms with Gasteiger partial charge in [0, 0.05) is 11.3 Å². The number of aliphatic hydroxyl groups excluding tert-OH is 1. The Kier molecular flexibility index (Phi) is 5.08. The summed E-state index contributed by atoms with van der Waals surface area (Å²) in [7, 11) is 0. The lowest BCUT2D eigenvalue weighted by molar-refractivity contribution is -0.137. The van der Waals surface area contributed by atoms with Crippen LogP contribution in [0.2, 0.25) is 0 Å². The molecule has 0 aliphatic rings. The summed E-state index contributed by atoms with van der Waals surface area (Å²) < 4.78 is 50.4. The van der Waals surface area contributed by atoms with Crippen LogP contribution in [0.1, 0.15) is 11.1 Å². The van der Waals surface area contributed by atoms with Crippen molar-refractivity contribution in [3.05, 3.63) is 71.0 Å². The number of halogens is 4. The molecule has 2 aromatic carbocycles. The van der Waals surface area contributed by atoms with Crippen LogP contribution >= 0.6 is 0 Å². The largest absolute Gasteiger partial charge is 0.506 e. The second-order valence-corrected chi connectivity index (χ2v) is 4.87. The van der Waals surface area contributed by atoms with Gasteiger partial charge in [0.25, 0.3) is 5.91 Å². The number of anilines is 1. The third-order valence-electron chi connectivity index (χ3n) is 3.16. The maximum atomic E-state index is 12.8. The van der Waals surface area contributed by atoms with Crippen LogP contribution in [0.25, 0.3) is 5.76 Å². The molecule has 0 fully saturated rings. The van der Waals surface area contributed by atoms with Gasteiger partial charge in [-0.25, -0.2) is 4.39 Å². The normalized spacial score (nSPS) is 12.1. The van der Waals surface area contributed by atoms with E-state index in [1.165, 1.54) is 18.2 Å². The highest BCUT2D eigenvalue weighted by molar-refractivity contribution is 6.10. The summed E-state index contributed by atoms with van der Waals surface area (Å²) in [6.45, 7) is 0. The molecule has 1 amide bonds. The standard InChI is InChI=1S/C17H10F4N2O2/c18-12-5-7-13(8-6-12)23-16(25)14(9-22)15(24)10-1-3-11(4-2-10)17(19,20)21/h1-8,24H,(H,23,25)/b15-14-. The van der Waals surface area contributed by atoms with Crippen LogP contribution < -0.4 is 5.32 Å². The monoisotopic (exact) mass is 350 g/mol. The van der Waals surface area contributed by atoms with Crippen molar-refractivity contribution in [3.8, 4) is 6.07 Å². The lowest BCUT2D eigenvalue weighted by Crippen LogP contribution is -2.15. The number of nitrogens with zero attached hydrogens (tertiary/aromatic N) is 1. The zero-order valence-electron chi connectivity index (χ0n) is 12.4. The quantitative estimate of drug-likeness (QED) is 0.376. The number of carbonyl (C=O) groups excluding carboxylic acids is 1. The summed E-state index contributed by atoms with van der Waals surface area (Å²) in [5, 5.41) is 21.4. The molecule has 2 N–H and O–H groups in total. The van der Waals surface area contributed by atoms with E-state index in [0.717, 1.165) is 36.4 Å². The molecule has 0 atom stereocenters. The number of benzene rings is 2. The average molecular weight is 350 g/mol. The first-order valence-corrected chi connectivity index (χ1v) is 6.80. The highest BCUT2D eigenvalue weighted by Crippen LogP contribution is 2.30. The van der Waals surface area contributed by atoms with E-state index in [9.17, 15) is 27.5 Å². The fourth-order valence-corrected chi connectivity index (χ4v) is 1.90. The average Bonchev–Trinajstić information content (AvgIpc) is 2.57. The number of nitrogens with one attached hydrogen (secondary N) is 1. The third kappa shape index (κ3) is 4.35. The number of nitriles is 1. The molecule has 0 aliphatic carbocycles. The van der Waals surface area contributed by atoms with E-state index in [4.69, 9.17) is 5.26 Å². The molecule has 0 aliphatic heterocycles. The molecular weight excluding hydrogens is 340 g/mol. The minimum Gasteiger partial charge on any atom is -0.506 e. The number of carbonyl (C=O) groups is 1. The second kappa shape index (κ2) is 7.05. The Labute approximate surface area is 139 Å². The molecular formula is C17H10F4N2O2. The number of aliphatic hydroxyl groups is 1. The van der Waals surface area contributed by atoms with Crippen LogP contribution in [0.5, 0.6) is 0 Å². The Balaban J connectivity index is 2.28. The van der Waals surface area contributed by atoms with E-state index >= 15 is 0 Å². The molecule has 2 aromatic rings. The van der Waals surface area contributed by atoms with Crippen molar-refractivity contribution in [2.45, 2.75) is 6.18 Å². The first-order chi connectivity index (χ1) is 11.7. The van der Waals surface area contributed by atoms with Crippen LogP contribution in [0.15, 0.2) is 54.1 Å². The number of rotatable bonds is 3. The van der Waals surface area contributed by atoms with Crippen LogP contribution in [-0.4, -0.2) is 11.0 Å². The van der Waals surface area contributed by atoms with Gasteiger partial charge in [-0.05, 0) is 36.4 Å². The number of alkyl halides is 3. The van der Waals surface area contributed by atoms with E-state index in [2.05, 4.69) is 5.32 Å². The number of hydrogen-bond donors (Lipinski definition) is 2. The fraction of sp³-hybridized carbons (Fsp3) is 0.0588. The first-order valence-electron chi connectivity index (χ1n) is 6.80. The Morgan fingerprint density at radius 3 is 2.08 bits per heavy atom. The molecule has 0 bridgehead atoms.